The van der Waals surface area contributed by atoms with Crippen molar-refractivity contribution in [3.05, 3.63) is 107 Å². The Morgan fingerprint density at radius 2 is 0.982 bits per heavy atom. The number of hydrogen-bond donors (Lipinski definition) is 0. The molecule has 0 spiro atoms. The third kappa shape index (κ3) is 6.87. The van der Waals surface area contributed by atoms with Crippen molar-refractivity contribution in [3.8, 4) is 34.5 Å². The average molecular weight is 741 g/mol. The van der Waals surface area contributed by atoms with E-state index in [-0.39, 0.29) is 23.9 Å². The van der Waals surface area contributed by atoms with Gasteiger partial charge in [-0.3, -0.25) is 19.6 Å². The van der Waals surface area contributed by atoms with Gasteiger partial charge in [0.15, 0.2) is 23.0 Å². The van der Waals surface area contributed by atoms with E-state index in [2.05, 4.69) is 0 Å². The predicted octanol–water partition coefficient (Wildman–Crippen LogP) is 7.51. The Bertz CT molecular complexity index is 2100. The summed E-state index contributed by atoms with van der Waals surface area (Å²) in [5.41, 5.74) is 6.06. The third-order valence-corrected chi connectivity index (χ3v) is 10.2. The molecule has 4 aliphatic heterocycles. The van der Waals surface area contributed by atoms with Crippen LogP contribution in [0.4, 0.5) is 11.4 Å². The van der Waals surface area contributed by atoms with Crippen molar-refractivity contribution in [2.24, 2.45) is 9.98 Å². The van der Waals surface area contributed by atoms with E-state index in [1.807, 2.05) is 73.4 Å². The summed E-state index contributed by atoms with van der Waals surface area (Å²) in [6, 6.07) is 22.1. The first kappa shape index (κ1) is 35.5. The van der Waals surface area contributed by atoms with Gasteiger partial charge in [0, 0.05) is 56.2 Å². The molecule has 4 aromatic rings. The van der Waals surface area contributed by atoms with Crippen molar-refractivity contribution >= 4 is 46.8 Å². The Hall–Kier alpha value is -6.56. The van der Waals surface area contributed by atoms with Gasteiger partial charge in [-0.05, 0) is 58.7 Å². The van der Waals surface area contributed by atoms with E-state index in [0.29, 0.717) is 78.0 Å². The minimum atomic E-state index is -0.203. The highest BCUT2D eigenvalue weighted by atomic mass is 16.5. The van der Waals surface area contributed by atoms with E-state index in [0.717, 1.165) is 33.8 Å². The van der Waals surface area contributed by atoms with Gasteiger partial charge in [0.2, 0.25) is 0 Å². The average Bonchev–Trinajstić information content (AvgIpc) is 3.80. The second kappa shape index (κ2) is 15.1. The lowest BCUT2D eigenvalue weighted by molar-refractivity contribution is 0.0809. The standard InChI is InChI=1S/C43H40N4O8/c1-50-32-10-6-26(7-11-32)28-16-30-22-44-36-20-40(38(52-3)18-34(36)42(48)46(30)24-28)54-14-5-15-55-41-21-37-35(19-39(41)53-4)43(49)47-25-29(17-31(47)23-45-37)27-8-12-33(51-2)13-9-27/h6-13,18-25,30-31H,5,14-17H2,1-4H3/t30-,31?/m0/s1. The van der Waals surface area contributed by atoms with Crippen LogP contribution in [0.1, 0.15) is 51.1 Å². The van der Waals surface area contributed by atoms with Crippen molar-refractivity contribution in [3.63, 3.8) is 0 Å². The van der Waals surface area contributed by atoms with E-state index < -0.39 is 0 Å². The molecular formula is C43H40N4O8. The van der Waals surface area contributed by atoms with Crippen LogP contribution < -0.4 is 28.4 Å². The van der Waals surface area contributed by atoms with Crippen LogP contribution in [0.5, 0.6) is 34.5 Å². The number of aliphatic imine (C=N–C) groups is 2. The van der Waals surface area contributed by atoms with Crippen molar-refractivity contribution in [2.45, 2.75) is 31.3 Å². The van der Waals surface area contributed by atoms with Gasteiger partial charge in [0.25, 0.3) is 11.8 Å². The molecule has 12 heteroatoms. The summed E-state index contributed by atoms with van der Waals surface area (Å²) in [5.74, 6) is 3.05. The monoisotopic (exact) mass is 740 g/mol. The lowest BCUT2D eigenvalue weighted by atomic mass is 10.0. The first-order valence-electron chi connectivity index (χ1n) is 18.0. The molecule has 0 saturated heterocycles. The molecular weight excluding hydrogens is 700 g/mol. The molecule has 0 saturated carbocycles. The summed E-state index contributed by atoms with van der Waals surface area (Å²) >= 11 is 0. The number of nitrogens with zero attached hydrogens (tertiary/aromatic N) is 4. The van der Waals surface area contributed by atoms with Crippen LogP contribution in [0.2, 0.25) is 0 Å². The SMILES string of the molecule is COc1ccc(C2=CN3C(=O)c4cc(OC)c(OCCCOc5cc6c(cc5OC)C(=O)N5C=C(c7ccc(OC)cc7)C[C@H]5C=N6)cc4N=CC3C2)cc1. The van der Waals surface area contributed by atoms with Gasteiger partial charge >= 0.3 is 0 Å². The summed E-state index contributed by atoms with van der Waals surface area (Å²) in [4.78, 5) is 40.3. The number of carbonyl (C=O) groups is 2. The zero-order valence-corrected chi connectivity index (χ0v) is 31.0. The van der Waals surface area contributed by atoms with Crippen LogP contribution in [-0.4, -0.2) is 87.8 Å². The van der Waals surface area contributed by atoms with Gasteiger partial charge in [-0.2, -0.15) is 0 Å². The molecule has 1 unspecified atom stereocenters. The molecule has 0 fully saturated rings. The van der Waals surface area contributed by atoms with E-state index in [1.54, 1.807) is 62.5 Å². The Kier molecular flexibility index (Phi) is 9.71. The highest BCUT2D eigenvalue weighted by Crippen LogP contribution is 2.42. The van der Waals surface area contributed by atoms with Gasteiger partial charge in [0.1, 0.15) is 11.5 Å². The van der Waals surface area contributed by atoms with Crippen LogP contribution in [0, 0.1) is 0 Å². The maximum atomic E-state index is 13.7. The quantitative estimate of drug-likeness (QED) is 0.137. The van der Waals surface area contributed by atoms with Gasteiger partial charge in [-0.1, -0.05) is 24.3 Å². The van der Waals surface area contributed by atoms with Crippen molar-refractivity contribution in [2.75, 3.05) is 41.7 Å². The van der Waals surface area contributed by atoms with Crippen LogP contribution in [0.15, 0.2) is 95.2 Å². The number of carbonyl (C=O) groups excluding carboxylic acids is 2. The Morgan fingerprint density at radius 1 is 0.564 bits per heavy atom. The molecule has 55 heavy (non-hydrogen) atoms. The molecule has 2 amide bonds. The molecule has 0 N–H and O–H groups in total. The van der Waals surface area contributed by atoms with Gasteiger partial charge in [-0.25, -0.2) is 0 Å². The van der Waals surface area contributed by atoms with E-state index in [4.69, 9.17) is 38.4 Å². The largest absolute Gasteiger partial charge is 0.497 e. The highest BCUT2D eigenvalue weighted by Gasteiger charge is 2.35. The Morgan fingerprint density at radius 3 is 1.36 bits per heavy atom. The summed E-state index contributed by atoms with van der Waals surface area (Å²) < 4.78 is 34.1. The molecule has 2 atom stereocenters. The summed E-state index contributed by atoms with van der Waals surface area (Å²) in [6.45, 7) is 0.609. The number of ether oxygens (including phenoxy) is 6. The number of methoxy groups -OCH3 is 4. The summed E-state index contributed by atoms with van der Waals surface area (Å²) in [6.07, 6.45) is 9.24. The first-order chi connectivity index (χ1) is 26.9. The highest BCUT2D eigenvalue weighted by molar-refractivity contribution is 6.06. The zero-order valence-electron chi connectivity index (χ0n) is 31.0. The molecule has 280 valence electrons. The maximum absolute atomic E-state index is 13.7. The summed E-state index contributed by atoms with van der Waals surface area (Å²) in [5, 5.41) is 0. The minimum Gasteiger partial charge on any atom is -0.497 e. The number of benzene rings is 4. The topological polar surface area (TPSA) is 121 Å². The molecule has 0 aromatic heterocycles. The van der Waals surface area contributed by atoms with E-state index in [9.17, 15) is 9.59 Å². The number of hydrogen-bond acceptors (Lipinski definition) is 10. The minimum absolute atomic E-state index is 0.157. The Labute approximate surface area is 318 Å². The number of amides is 2. The van der Waals surface area contributed by atoms with Gasteiger partial charge in [0.05, 0.1) is 76.2 Å². The molecule has 4 heterocycles. The molecule has 0 aliphatic carbocycles. The normalized spacial score (nSPS) is 18.0. The lowest BCUT2D eigenvalue weighted by Gasteiger charge is -2.19. The van der Waals surface area contributed by atoms with Crippen molar-refractivity contribution < 1.29 is 38.0 Å². The summed E-state index contributed by atoms with van der Waals surface area (Å²) in [7, 11) is 6.36. The fourth-order valence-corrected chi connectivity index (χ4v) is 7.18. The number of rotatable bonds is 12. The third-order valence-electron chi connectivity index (χ3n) is 10.2. The number of fused-ring (bicyclic) bond motifs is 4. The van der Waals surface area contributed by atoms with Crippen LogP contribution in [0.3, 0.4) is 0 Å². The van der Waals surface area contributed by atoms with Crippen LogP contribution in [0.25, 0.3) is 11.1 Å². The van der Waals surface area contributed by atoms with Crippen LogP contribution >= 0.6 is 0 Å². The fraction of sp³-hybridized carbons (Fsp3) is 0.256. The zero-order chi connectivity index (χ0) is 38.1. The second-order valence-electron chi connectivity index (χ2n) is 13.4. The Balaban J connectivity index is 0.906. The van der Waals surface area contributed by atoms with Crippen molar-refractivity contribution in [1.29, 1.82) is 0 Å². The molecule has 0 radical (unpaired) electrons. The molecule has 8 rings (SSSR count). The van der Waals surface area contributed by atoms with E-state index in [1.165, 1.54) is 0 Å². The molecule has 4 aliphatic rings. The molecule has 4 aromatic carbocycles. The predicted molar refractivity (Wildman–Crippen MR) is 209 cm³/mol. The smallest absolute Gasteiger partial charge is 0.260 e. The van der Waals surface area contributed by atoms with Crippen LogP contribution in [-0.2, 0) is 0 Å². The molecule has 12 nitrogen and oxygen atoms in total. The maximum Gasteiger partial charge on any atom is 0.260 e. The second-order valence-corrected chi connectivity index (χ2v) is 13.4. The van der Waals surface area contributed by atoms with Gasteiger partial charge in [-0.15, -0.1) is 0 Å². The fourth-order valence-electron chi connectivity index (χ4n) is 7.18. The molecule has 0 bridgehead atoms. The lowest BCUT2D eigenvalue weighted by Crippen LogP contribution is -2.32. The van der Waals surface area contributed by atoms with Crippen molar-refractivity contribution in [1.82, 2.24) is 9.80 Å². The first-order valence-corrected chi connectivity index (χ1v) is 18.0. The van der Waals surface area contributed by atoms with Gasteiger partial charge < -0.3 is 38.2 Å². The van der Waals surface area contributed by atoms with E-state index >= 15 is 0 Å².